The quantitative estimate of drug-likeness (QED) is 0.522. The van der Waals surface area contributed by atoms with Crippen molar-refractivity contribution in [2.45, 2.75) is 20.3 Å². The maximum Gasteiger partial charge on any atom is 0.0650 e. The Morgan fingerprint density at radius 3 is 2.71 bits per heavy atom. The summed E-state index contributed by atoms with van der Waals surface area (Å²) < 4.78 is 0. The zero-order chi connectivity index (χ0) is 10.6. The highest BCUT2D eigenvalue weighted by molar-refractivity contribution is 5.53. The number of hydrazone groups is 1. The summed E-state index contributed by atoms with van der Waals surface area (Å²) in [5.41, 5.74) is 3.18. The van der Waals surface area contributed by atoms with Crippen LogP contribution in [0.25, 0.3) is 0 Å². The second kappa shape index (κ2) is 4.61. The van der Waals surface area contributed by atoms with Crippen LogP contribution >= 0.6 is 0 Å². The fourth-order valence-corrected chi connectivity index (χ4v) is 1.27. The smallest absolute Gasteiger partial charge is 0.0650 e. The van der Waals surface area contributed by atoms with Gasteiger partial charge in [0.2, 0.25) is 0 Å². The maximum atomic E-state index is 3.95. The molecule has 0 aliphatic carbocycles. The molecule has 14 heavy (non-hydrogen) atoms. The van der Waals surface area contributed by atoms with Crippen LogP contribution in [0.3, 0.4) is 0 Å². The first-order valence-corrected chi connectivity index (χ1v) is 4.70. The van der Waals surface area contributed by atoms with E-state index < -0.39 is 0 Å². The fraction of sp³-hybridized carbons (Fsp3) is 0.250. The predicted molar refractivity (Wildman–Crippen MR) is 62.6 cm³/mol. The first kappa shape index (κ1) is 10.5. The Balaban J connectivity index is 3.00. The highest BCUT2D eigenvalue weighted by Gasteiger charge is 2.05. The molecular weight excluding hydrogens is 172 g/mol. The van der Waals surface area contributed by atoms with Gasteiger partial charge in [-0.05, 0) is 31.0 Å². The molecule has 0 amide bonds. The van der Waals surface area contributed by atoms with Crippen molar-refractivity contribution in [1.82, 2.24) is 0 Å². The van der Waals surface area contributed by atoms with E-state index in [0.29, 0.717) is 0 Å². The zero-order valence-corrected chi connectivity index (χ0v) is 8.83. The number of allylic oxidation sites excluding steroid dienone is 1. The van der Waals surface area contributed by atoms with Crippen molar-refractivity contribution in [3.63, 3.8) is 0 Å². The van der Waals surface area contributed by atoms with E-state index in [1.807, 2.05) is 12.1 Å². The number of nitrogens with zero attached hydrogens (tertiary/aromatic N) is 2. The molecule has 0 radical (unpaired) electrons. The summed E-state index contributed by atoms with van der Waals surface area (Å²) in [6.07, 6.45) is 0.868. The second-order valence-corrected chi connectivity index (χ2v) is 3.21. The molecule has 0 aliphatic rings. The Bertz CT molecular complexity index is 342. The van der Waals surface area contributed by atoms with E-state index in [9.17, 15) is 0 Å². The number of benzene rings is 1. The summed E-state index contributed by atoms with van der Waals surface area (Å²) in [6, 6.07) is 8.13. The molecule has 0 aliphatic heterocycles. The Labute approximate surface area is 85.6 Å². The van der Waals surface area contributed by atoms with Gasteiger partial charge in [0, 0.05) is 12.4 Å². The largest absolute Gasteiger partial charge is 0.239 e. The summed E-state index contributed by atoms with van der Waals surface area (Å²) in [5, 5.41) is 5.72. The molecule has 0 bridgehead atoms. The van der Waals surface area contributed by atoms with Crippen LogP contribution in [0.4, 0.5) is 5.69 Å². The Hall–Kier alpha value is -1.57. The molecule has 2 heteroatoms. The third-order valence-electron chi connectivity index (χ3n) is 2.10. The van der Waals surface area contributed by atoms with E-state index in [4.69, 9.17) is 0 Å². The number of hydrogen-bond acceptors (Lipinski definition) is 2. The van der Waals surface area contributed by atoms with Crippen LogP contribution in [0, 0.1) is 6.92 Å². The SMILES string of the molecule is C=NN(C(=C)CC)c1cccc(C)c1. The van der Waals surface area contributed by atoms with Crippen LogP contribution in [0.15, 0.2) is 41.6 Å². The van der Waals surface area contributed by atoms with Gasteiger partial charge in [-0.3, -0.25) is 0 Å². The van der Waals surface area contributed by atoms with E-state index >= 15 is 0 Å². The standard InChI is InChI=1S/C12H16N2/c1-5-11(3)14(13-4)12-8-6-7-10(2)9-12/h6-9H,3-5H2,1-2H3. The minimum Gasteiger partial charge on any atom is -0.239 e. The van der Waals surface area contributed by atoms with Crippen molar-refractivity contribution in [3.8, 4) is 0 Å². The molecule has 0 atom stereocenters. The van der Waals surface area contributed by atoms with E-state index in [1.54, 1.807) is 5.01 Å². The fourth-order valence-electron chi connectivity index (χ4n) is 1.27. The first-order valence-electron chi connectivity index (χ1n) is 4.70. The highest BCUT2D eigenvalue weighted by Crippen LogP contribution is 2.21. The van der Waals surface area contributed by atoms with E-state index in [-0.39, 0.29) is 0 Å². The van der Waals surface area contributed by atoms with Crippen molar-refractivity contribution in [1.29, 1.82) is 0 Å². The number of hydrogen-bond donors (Lipinski definition) is 0. The van der Waals surface area contributed by atoms with E-state index in [1.165, 1.54) is 5.56 Å². The van der Waals surface area contributed by atoms with Crippen molar-refractivity contribution in [3.05, 3.63) is 42.1 Å². The normalized spacial score (nSPS) is 9.57. The van der Waals surface area contributed by atoms with Crippen molar-refractivity contribution >= 4 is 12.4 Å². The van der Waals surface area contributed by atoms with Crippen molar-refractivity contribution in [2.75, 3.05) is 5.01 Å². The molecule has 1 aromatic carbocycles. The maximum absolute atomic E-state index is 3.95. The average Bonchev–Trinajstić information content (AvgIpc) is 2.19. The number of aryl methyl sites for hydroxylation is 1. The lowest BCUT2D eigenvalue weighted by Crippen LogP contribution is -2.13. The van der Waals surface area contributed by atoms with Crippen LogP contribution in [-0.4, -0.2) is 6.72 Å². The topological polar surface area (TPSA) is 15.6 Å². The molecule has 0 spiro atoms. The molecule has 0 saturated heterocycles. The monoisotopic (exact) mass is 188 g/mol. The van der Waals surface area contributed by atoms with Crippen molar-refractivity contribution in [2.24, 2.45) is 5.10 Å². The van der Waals surface area contributed by atoms with Gasteiger partial charge in [-0.2, -0.15) is 5.10 Å². The first-order chi connectivity index (χ1) is 6.69. The van der Waals surface area contributed by atoms with Gasteiger partial charge in [0.1, 0.15) is 0 Å². The molecule has 0 N–H and O–H groups in total. The van der Waals surface area contributed by atoms with Crippen LogP contribution < -0.4 is 5.01 Å². The van der Waals surface area contributed by atoms with E-state index in [0.717, 1.165) is 17.8 Å². The molecule has 0 saturated carbocycles. The molecule has 74 valence electrons. The second-order valence-electron chi connectivity index (χ2n) is 3.21. The third-order valence-corrected chi connectivity index (χ3v) is 2.10. The summed E-state index contributed by atoms with van der Waals surface area (Å²) >= 11 is 0. The minimum absolute atomic E-state index is 0.868. The van der Waals surface area contributed by atoms with Gasteiger partial charge in [-0.25, -0.2) is 5.01 Å². The van der Waals surface area contributed by atoms with Gasteiger partial charge in [0.25, 0.3) is 0 Å². The van der Waals surface area contributed by atoms with Crippen LogP contribution in [0.1, 0.15) is 18.9 Å². The van der Waals surface area contributed by atoms with Crippen LogP contribution in [0.5, 0.6) is 0 Å². The minimum atomic E-state index is 0.868. The summed E-state index contributed by atoms with van der Waals surface area (Å²) in [6.45, 7) is 11.6. The molecule has 0 fully saturated rings. The molecular formula is C12H16N2. The molecule has 1 aromatic rings. The zero-order valence-electron chi connectivity index (χ0n) is 8.83. The lowest BCUT2D eigenvalue weighted by Gasteiger charge is -2.20. The van der Waals surface area contributed by atoms with Crippen molar-refractivity contribution < 1.29 is 0 Å². The van der Waals surface area contributed by atoms with Crippen LogP contribution in [-0.2, 0) is 0 Å². The molecule has 0 heterocycles. The Morgan fingerprint density at radius 2 is 2.21 bits per heavy atom. The summed E-state index contributed by atoms with van der Waals surface area (Å²) in [7, 11) is 0. The molecule has 0 unspecified atom stereocenters. The summed E-state index contributed by atoms with van der Waals surface area (Å²) in [4.78, 5) is 0. The highest BCUT2D eigenvalue weighted by atomic mass is 15.4. The van der Waals surface area contributed by atoms with Gasteiger partial charge in [-0.1, -0.05) is 25.6 Å². The van der Waals surface area contributed by atoms with Crippen LogP contribution in [0.2, 0.25) is 0 Å². The lowest BCUT2D eigenvalue weighted by atomic mass is 10.2. The Kier molecular flexibility index (Phi) is 3.46. The third kappa shape index (κ3) is 2.22. The average molecular weight is 188 g/mol. The number of rotatable bonds is 4. The molecule has 2 nitrogen and oxygen atoms in total. The van der Waals surface area contributed by atoms with Gasteiger partial charge >= 0.3 is 0 Å². The molecule has 1 rings (SSSR count). The summed E-state index contributed by atoms with van der Waals surface area (Å²) in [5.74, 6) is 0. The van der Waals surface area contributed by atoms with Gasteiger partial charge in [0.15, 0.2) is 0 Å². The van der Waals surface area contributed by atoms with Gasteiger partial charge in [-0.15, -0.1) is 0 Å². The predicted octanol–water partition coefficient (Wildman–Crippen LogP) is 3.34. The lowest BCUT2D eigenvalue weighted by molar-refractivity contribution is 0.931. The van der Waals surface area contributed by atoms with Gasteiger partial charge < -0.3 is 0 Å². The van der Waals surface area contributed by atoms with Gasteiger partial charge in [0.05, 0.1) is 5.69 Å². The Morgan fingerprint density at radius 1 is 1.50 bits per heavy atom. The van der Waals surface area contributed by atoms with E-state index in [2.05, 4.69) is 44.4 Å². The number of anilines is 1. The molecule has 0 aromatic heterocycles.